The van der Waals surface area contributed by atoms with Crippen LogP contribution in [-0.2, 0) is 6.54 Å². The molecule has 1 aromatic heterocycles. The summed E-state index contributed by atoms with van der Waals surface area (Å²) in [5.41, 5.74) is 1.21. The zero-order chi connectivity index (χ0) is 18.6. The molecule has 1 aromatic carbocycles. The summed E-state index contributed by atoms with van der Waals surface area (Å²) in [4.78, 5) is 12.7. The highest BCUT2D eigenvalue weighted by Crippen LogP contribution is 2.29. The molecule has 2 aromatic rings. The van der Waals surface area contributed by atoms with Crippen molar-refractivity contribution in [3.8, 4) is 11.9 Å². The van der Waals surface area contributed by atoms with Crippen LogP contribution in [0.5, 0.6) is 5.88 Å². The van der Waals surface area contributed by atoms with Crippen molar-refractivity contribution in [2.45, 2.75) is 40.2 Å². The van der Waals surface area contributed by atoms with Gasteiger partial charge in [-0.1, -0.05) is 31.0 Å². The van der Waals surface area contributed by atoms with E-state index in [0.29, 0.717) is 29.2 Å². The minimum atomic E-state index is -0.467. The van der Waals surface area contributed by atoms with E-state index >= 15 is 0 Å². The van der Waals surface area contributed by atoms with Crippen molar-refractivity contribution in [2.24, 2.45) is 10.2 Å². The fourth-order valence-corrected chi connectivity index (χ4v) is 2.56. The van der Waals surface area contributed by atoms with E-state index in [4.69, 9.17) is 11.6 Å². The average Bonchev–Trinajstić information content (AvgIpc) is 2.58. The number of hydrogen-bond donors (Lipinski definition) is 1. The predicted octanol–water partition coefficient (Wildman–Crippen LogP) is 4.91. The molecule has 1 N–H and O–H groups in total. The predicted molar refractivity (Wildman–Crippen MR) is 97.1 cm³/mol. The fraction of sp³-hybridized carbons (Fsp3) is 0.333. The van der Waals surface area contributed by atoms with E-state index in [2.05, 4.69) is 10.2 Å². The monoisotopic (exact) mass is 358 g/mol. The van der Waals surface area contributed by atoms with Crippen LogP contribution >= 0.6 is 11.6 Å². The normalized spacial score (nSPS) is 11.0. The molecule has 0 amide bonds. The van der Waals surface area contributed by atoms with Crippen molar-refractivity contribution in [1.29, 1.82) is 5.26 Å². The Morgan fingerprint density at radius 2 is 2.00 bits per heavy atom. The smallest absolute Gasteiger partial charge is 0.281 e. The molecule has 7 heteroatoms. The maximum absolute atomic E-state index is 12.7. The second kappa shape index (κ2) is 7.95. The first kappa shape index (κ1) is 18.7. The second-order valence-corrected chi connectivity index (χ2v) is 6.09. The van der Waals surface area contributed by atoms with E-state index in [0.717, 1.165) is 12.0 Å². The lowest BCUT2D eigenvalue weighted by molar-refractivity contribution is 0.399. The molecule has 0 atom stereocenters. The van der Waals surface area contributed by atoms with Gasteiger partial charge in [0.25, 0.3) is 5.56 Å². The average molecular weight is 359 g/mol. The molecular weight excluding hydrogens is 340 g/mol. The lowest BCUT2D eigenvalue weighted by atomic mass is 10.1. The van der Waals surface area contributed by atoms with E-state index in [1.807, 2.05) is 13.0 Å². The van der Waals surface area contributed by atoms with E-state index < -0.39 is 5.56 Å². The Kier molecular flexibility index (Phi) is 5.94. The third kappa shape index (κ3) is 3.72. The van der Waals surface area contributed by atoms with Gasteiger partial charge >= 0.3 is 0 Å². The summed E-state index contributed by atoms with van der Waals surface area (Å²) in [5, 5.41) is 28.3. The lowest BCUT2D eigenvalue weighted by Crippen LogP contribution is -2.22. The summed E-state index contributed by atoms with van der Waals surface area (Å²) in [6, 6.07) is 7.16. The van der Waals surface area contributed by atoms with Gasteiger partial charge in [0.1, 0.15) is 11.6 Å². The molecule has 0 fully saturated rings. The maximum Gasteiger partial charge on any atom is 0.281 e. The zero-order valence-electron chi connectivity index (χ0n) is 14.4. The number of nitrogens with zero attached hydrogens (tertiary/aromatic N) is 4. The highest BCUT2D eigenvalue weighted by atomic mass is 35.5. The second-order valence-electron chi connectivity index (χ2n) is 5.68. The van der Waals surface area contributed by atoms with Crippen molar-refractivity contribution in [1.82, 2.24) is 4.57 Å². The van der Waals surface area contributed by atoms with Gasteiger partial charge in [0.05, 0.1) is 5.69 Å². The summed E-state index contributed by atoms with van der Waals surface area (Å²) >= 11 is 6.07. The van der Waals surface area contributed by atoms with E-state index in [9.17, 15) is 15.2 Å². The Morgan fingerprint density at radius 3 is 2.64 bits per heavy atom. The molecule has 0 radical (unpaired) electrons. The van der Waals surface area contributed by atoms with Gasteiger partial charge in [0, 0.05) is 17.1 Å². The summed E-state index contributed by atoms with van der Waals surface area (Å²) in [6.45, 7) is 5.67. The van der Waals surface area contributed by atoms with E-state index in [-0.39, 0.29) is 17.1 Å². The van der Waals surface area contributed by atoms with Gasteiger partial charge < -0.3 is 5.11 Å². The van der Waals surface area contributed by atoms with E-state index in [1.165, 1.54) is 4.57 Å². The topological polar surface area (TPSA) is 90.7 Å². The van der Waals surface area contributed by atoms with Crippen LogP contribution in [-0.4, -0.2) is 9.67 Å². The van der Waals surface area contributed by atoms with Gasteiger partial charge in [-0.25, -0.2) is 0 Å². The Hall–Kier alpha value is -2.65. The molecule has 0 aliphatic carbocycles. The maximum atomic E-state index is 12.7. The first-order valence-corrected chi connectivity index (χ1v) is 8.33. The first-order valence-electron chi connectivity index (χ1n) is 7.95. The summed E-state index contributed by atoms with van der Waals surface area (Å²) < 4.78 is 1.17. The van der Waals surface area contributed by atoms with Crippen molar-refractivity contribution in [3.63, 3.8) is 0 Å². The number of benzene rings is 1. The van der Waals surface area contributed by atoms with Gasteiger partial charge in [-0.15, -0.1) is 5.11 Å². The number of unbranched alkanes of at least 4 members (excludes halogenated alkanes) is 1. The Morgan fingerprint density at radius 1 is 1.28 bits per heavy atom. The van der Waals surface area contributed by atoms with Crippen molar-refractivity contribution < 1.29 is 5.11 Å². The van der Waals surface area contributed by atoms with Crippen LogP contribution in [0.15, 0.2) is 33.2 Å². The Balaban J connectivity index is 2.61. The lowest BCUT2D eigenvalue weighted by Gasteiger charge is -2.12. The van der Waals surface area contributed by atoms with E-state index in [1.54, 1.807) is 32.0 Å². The Labute approximate surface area is 151 Å². The van der Waals surface area contributed by atoms with Crippen LogP contribution in [0.25, 0.3) is 0 Å². The summed E-state index contributed by atoms with van der Waals surface area (Å²) in [7, 11) is 0. The van der Waals surface area contributed by atoms with Crippen LogP contribution in [0.2, 0.25) is 5.02 Å². The zero-order valence-corrected chi connectivity index (χ0v) is 15.1. The number of nitriles is 1. The standard InChI is InChI=1S/C18H19ClN4O2/c1-4-5-9-23-17(24)13(10-20)11(2)16(18(23)25)22-21-15-8-6-7-14(19)12(15)3/h6-8,24H,4-5,9H2,1-3H3. The Bertz CT molecular complexity index is 926. The number of azo groups is 1. The van der Waals surface area contributed by atoms with Crippen LogP contribution in [0.4, 0.5) is 11.4 Å². The largest absolute Gasteiger partial charge is 0.493 e. The fourth-order valence-electron chi connectivity index (χ4n) is 2.39. The number of pyridine rings is 1. The molecule has 6 nitrogen and oxygen atoms in total. The molecule has 0 saturated carbocycles. The number of rotatable bonds is 5. The van der Waals surface area contributed by atoms with Crippen molar-refractivity contribution in [3.05, 3.63) is 50.3 Å². The van der Waals surface area contributed by atoms with Crippen molar-refractivity contribution in [2.75, 3.05) is 0 Å². The SMILES string of the molecule is CCCCn1c(O)c(C#N)c(C)c(N=Nc2cccc(Cl)c2C)c1=O. The molecule has 0 spiro atoms. The summed E-state index contributed by atoms with van der Waals surface area (Å²) in [6.07, 6.45) is 1.55. The molecule has 0 aliphatic heterocycles. The highest BCUT2D eigenvalue weighted by molar-refractivity contribution is 6.31. The molecule has 130 valence electrons. The van der Waals surface area contributed by atoms with Crippen molar-refractivity contribution >= 4 is 23.0 Å². The quantitative estimate of drug-likeness (QED) is 0.769. The number of hydrogen-bond acceptors (Lipinski definition) is 5. The van der Waals surface area contributed by atoms with Crippen LogP contribution in [0.3, 0.4) is 0 Å². The number of halogens is 1. The molecule has 2 rings (SSSR count). The molecule has 0 bridgehead atoms. The van der Waals surface area contributed by atoms with Gasteiger partial charge in [0.2, 0.25) is 5.88 Å². The molecule has 0 aliphatic rings. The third-order valence-corrected chi connectivity index (χ3v) is 4.41. The highest BCUT2D eigenvalue weighted by Gasteiger charge is 2.18. The van der Waals surface area contributed by atoms with Gasteiger partial charge in [0.15, 0.2) is 5.69 Å². The number of aromatic hydroxyl groups is 1. The summed E-state index contributed by atoms with van der Waals surface area (Å²) in [5.74, 6) is -0.323. The molecule has 0 saturated heterocycles. The number of aromatic nitrogens is 1. The van der Waals surface area contributed by atoms with Crippen LogP contribution in [0, 0.1) is 25.2 Å². The minimum absolute atomic E-state index is 0.0347. The molecular formula is C18H19ClN4O2. The van der Waals surface area contributed by atoms with Crippen LogP contribution < -0.4 is 5.56 Å². The molecule has 1 heterocycles. The van der Waals surface area contributed by atoms with Gasteiger partial charge in [-0.05, 0) is 38.0 Å². The molecule has 0 unspecified atom stereocenters. The first-order chi connectivity index (χ1) is 11.9. The van der Waals surface area contributed by atoms with Crippen LogP contribution in [0.1, 0.15) is 36.5 Å². The third-order valence-electron chi connectivity index (χ3n) is 4.00. The van der Waals surface area contributed by atoms with Gasteiger partial charge in [-0.3, -0.25) is 9.36 Å². The van der Waals surface area contributed by atoms with Gasteiger partial charge in [-0.2, -0.15) is 10.4 Å². The minimum Gasteiger partial charge on any atom is -0.493 e. The molecule has 25 heavy (non-hydrogen) atoms.